The molecule has 2 aromatic rings. The average Bonchev–Trinajstić information content (AvgIpc) is 2.81. The molecule has 0 fully saturated rings. The van der Waals surface area contributed by atoms with Gasteiger partial charge in [0, 0.05) is 31.0 Å². The number of hydrogen-bond acceptors (Lipinski definition) is 6. The summed E-state index contributed by atoms with van der Waals surface area (Å²) in [5.41, 5.74) is 5.46. The lowest BCUT2D eigenvalue weighted by molar-refractivity contribution is -0.384. The van der Waals surface area contributed by atoms with Crippen molar-refractivity contribution in [1.29, 1.82) is 0 Å². The quantitative estimate of drug-likeness (QED) is 0.619. The minimum absolute atomic E-state index is 0.0535. The van der Waals surface area contributed by atoms with E-state index in [1.54, 1.807) is 12.5 Å². The number of pyridine rings is 1. The van der Waals surface area contributed by atoms with Gasteiger partial charge in [-0.15, -0.1) is 0 Å². The Hall–Kier alpha value is -2.64. The zero-order valence-electron chi connectivity index (χ0n) is 10.4. The molecule has 8 heteroatoms. The fourth-order valence-corrected chi connectivity index (χ4v) is 1.71. The molecule has 2 rings (SSSR count). The molecular weight excluding hydrogens is 248 g/mol. The Bertz CT molecular complexity index is 569. The van der Waals surface area contributed by atoms with Gasteiger partial charge >= 0.3 is 5.69 Å². The van der Waals surface area contributed by atoms with Crippen LogP contribution in [0.1, 0.15) is 6.92 Å². The van der Waals surface area contributed by atoms with Crippen molar-refractivity contribution in [3.05, 3.63) is 41.0 Å². The minimum Gasteiger partial charge on any atom is -0.384 e. The topological polar surface area (TPSA) is 112 Å². The molecule has 0 aliphatic carbocycles. The number of rotatable bonds is 5. The van der Waals surface area contributed by atoms with Crippen molar-refractivity contribution in [1.82, 2.24) is 14.5 Å². The van der Waals surface area contributed by atoms with E-state index in [-0.39, 0.29) is 23.4 Å². The summed E-state index contributed by atoms with van der Waals surface area (Å²) in [5, 5.41) is 13.9. The van der Waals surface area contributed by atoms with Gasteiger partial charge in [-0.3, -0.25) is 10.1 Å². The van der Waals surface area contributed by atoms with Gasteiger partial charge in [-0.05, 0) is 13.0 Å². The Morgan fingerprint density at radius 3 is 3.00 bits per heavy atom. The molecule has 19 heavy (non-hydrogen) atoms. The van der Waals surface area contributed by atoms with E-state index in [1.165, 1.54) is 12.1 Å². The molecule has 0 saturated heterocycles. The number of aromatic nitrogens is 3. The van der Waals surface area contributed by atoms with Crippen LogP contribution in [0, 0.1) is 10.1 Å². The second-order valence-electron chi connectivity index (χ2n) is 4.17. The van der Waals surface area contributed by atoms with E-state index < -0.39 is 4.92 Å². The van der Waals surface area contributed by atoms with Crippen molar-refractivity contribution in [2.75, 3.05) is 11.1 Å². The molecule has 0 aromatic carbocycles. The van der Waals surface area contributed by atoms with Gasteiger partial charge in [-0.2, -0.15) is 0 Å². The maximum absolute atomic E-state index is 10.9. The average molecular weight is 262 g/mol. The van der Waals surface area contributed by atoms with E-state index >= 15 is 0 Å². The molecule has 100 valence electrons. The van der Waals surface area contributed by atoms with Crippen LogP contribution in [0.2, 0.25) is 0 Å². The van der Waals surface area contributed by atoms with Gasteiger partial charge in [0.05, 0.1) is 11.3 Å². The van der Waals surface area contributed by atoms with E-state index in [0.29, 0.717) is 6.54 Å². The van der Waals surface area contributed by atoms with E-state index in [1.807, 2.05) is 17.7 Å². The fraction of sp³-hybridized carbons (Fsp3) is 0.273. The number of nitro groups is 1. The summed E-state index contributed by atoms with van der Waals surface area (Å²) in [6.07, 6.45) is 5.17. The summed E-state index contributed by atoms with van der Waals surface area (Å²) >= 11 is 0. The maximum Gasteiger partial charge on any atom is 0.311 e. The van der Waals surface area contributed by atoms with Gasteiger partial charge in [0.15, 0.2) is 0 Å². The largest absolute Gasteiger partial charge is 0.384 e. The molecule has 2 aromatic heterocycles. The zero-order valence-corrected chi connectivity index (χ0v) is 10.4. The highest BCUT2D eigenvalue weighted by atomic mass is 16.6. The van der Waals surface area contributed by atoms with Crippen LogP contribution in [0.3, 0.4) is 0 Å². The first kappa shape index (κ1) is 12.8. The lowest BCUT2D eigenvalue weighted by Gasteiger charge is -2.15. The van der Waals surface area contributed by atoms with Crippen LogP contribution in [0.25, 0.3) is 0 Å². The second kappa shape index (κ2) is 5.34. The van der Waals surface area contributed by atoms with Crippen molar-refractivity contribution in [3.8, 4) is 0 Å². The van der Waals surface area contributed by atoms with Crippen molar-refractivity contribution in [2.24, 2.45) is 0 Å². The molecule has 3 N–H and O–H groups in total. The first-order chi connectivity index (χ1) is 9.06. The number of nitrogen functional groups attached to an aromatic ring is 1. The Morgan fingerprint density at radius 2 is 2.37 bits per heavy atom. The molecule has 0 radical (unpaired) electrons. The summed E-state index contributed by atoms with van der Waals surface area (Å²) in [6.45, 7) is 2.52. The number of nitrogens with zero attached hydrogens (tertiary/aromatic N) is 4. The number of nitrogens with two attached hydrogens (primary N) is 1. The molecule has 1 atom stereocenters. The van der Waals surface area contributed by atoms with Gasteiger partial charge < -0.3 is 15.6 Å². The molecule has 0 aliphatic heterocycles. The van der Waals surface area contributed by atoms with Crippen molar-refractivity contribution in [2.45, 2.75) is 19.5 Å². The Kier molecular flexibility index (Phi) is 3.60. The van der Waals surface area contributed by atoms with Crippen molar-refractivity contribution < 1.29 is 4.92 Å². The number of hydrogen-bond donors (Lipinski definition) is 2. The van der Waals surface area contributed by atoms with Crippen molar-refractivity contribution >= 4 is 17.3 Å². The lowest BCUT2D eigenvalue weighted by Crippen LogP contribution is -2.22. The van der Waals surface area contributed by atoms with Crippen LogP contribution in [0.15, 0.2) is 30.9 Å². The van der Waals surface area contributed by atoms with Crippen LogP contribution >= 0.6 is 0 Å². The molecule has 1 unspecified atom stereocenters. The third kappa shape index (κ3) is 3.18. The first-order valence-electron chi connectivity index (χ1n) is 5.69. The summed E-state index contributed by atoms with van der Waals surface area (Å²) in [7, 11) is 0. The van der Waals surface area contributed by atoms with Crippen LogP contribution < -0.4 is 11.1 Å². The molecule has 0 bridgehead atoms. The van der Waals surface area contributed by atoms with Gasteiger partial charge in [0.25, 0.3) is 0 Å². The number of imidazole rings is 1. The molecule has 8 nitrogen and oxygen atoms in total. The number of nitrogens with one attached hydrogen (secondary N) is 1. The zero-order chi connectivity index (χ0) is 13.8. The van der Waals surface area contributed by atoms with Crippen LogP contribution in [0.5, 0.6) is 0 Å². The van der Waals surface area contributed by atoms with Crippen LogP contribution in [0.4, 0.5) is 17.3 Å². The summed E-state index contributed by atoms with van der Waals surface area (Å²) in [5.74, 6) is 0.417. The Balaban J connectivity index is 2.13. The molecule has 0 saturated carbocycles. The van der Waals surface area contributed by atoms with E-state index in [4.69, 9.17) is 5.73 Å². The Morgan fingerprint density at radius 1 is 1.58 bits per heavy atom. The normalized spacial score (nSPS) is 12.1. The Labute approximate surface area is 109 Å². The van der Waals surface area contributed by atoms with E-state index in [2.05, 4.69) is 15.3 Å². The fourth-order valence-electron chi connectivity index (χ4n) is 1.71. The second-order valence-corrected chi connectivity index (χ2v) is 4.17. The van der Waals surface area contributed by atoms with Crippen molar-refractivity contribution in [3.63, 3.8) is 0 Å². The predicted octanol–water partition coefficient (Wildman–Crippen LogP) is 1.27. The number of anilines is 2. The highest BCUT2D eigenvalue weighted by molar-refractivity contribution is 5.59. The summed E-state index contributed by atoms with van der Waals surface area (Å²) in [4.78, 5) is 18.3. The lowest BCUT2D eigenvalue weighted by atomic mass is 10.3. The summed E-state index contributed by atoms with van der Waals surface area (Å²) < 4.78 is 1.87. The van der Waals surface area contributed by atoms with E-state index in [0.717, 1.165) is 0 Å². The highest BCUT2D eigenvalue weighted by Gasteiger charge is 2.17. The smallest absolute Gasteiger partial charge is 0.311 e. The highest BCUT2D eigenvalue weighted by Crippen LogP contribution is 2.23. The molecule has 0 aliphatic rings. The maximum atomic E-state index is 10.9. The molecule has 2 heterocycles. The van der Waals surface area contributed by atoms with Gasteiger partial charge in [-0.25, -0.2) is 9.97 Å². The van der Waals surface area contributed by atoms with E-state index in [9.17, 15) is 10.1 Å². The molecule has 0 spiro atoms. The minimum atomic E-state index is -0.487. The third-order valence-corrected chi connectivity index (χ3v) is 2.52. The van der Waals surface area contributed by atoms with Gasteiger partial charge in [0.2, 0.25) is 5.82 Å². The van der Waals surface area contributed by atoms with Gasteiger partial charge in [0.1, 0.15) is 5.82 Å². The van der Waals surface area contributed by atoms with Crippen LogP contribution in [-0.2, 0) is 6.54 Å². The molecular formula is C11H14N6O2. The predicted molar refractivity (Wildman–Crippen MR) is 70.6 cm³/mol. The third-order valence-electron chi connectivity index (χ3n) is 2.52. The standard InChI is InChI=1S/C11H14N6O2/c1-8(6-16-5-4-13-7-16)14-11-9(17(18)19)2-3-10(12)15-11/h2-5,7-8H,6H2,1H3,(H3,12,14,15). The monoisotopic (exact) mass is 262 g/mol. The summed E-state index contributed by atoms with van der Waals surface area (Å²) in [6, 6.07) is 2.69. The molecule has 0 amide bonds. The van der Waals surface area contributed by atoms with Crippen LogP contribution in [-0.4, -0.2) is 25.5 Å². The first-order valence-corrected chi connectivity index (χ1v) is 5.69. The van der Waals surface area contributed by atoms with Gasteiger partial charge in [-0.1, -0.05) is 0 Å². The SMILES string of the molecule is CC(Cn1ccnc1)Nc1nc(N)ccc1[N+](=O)[O-].